The van der Waals surface area contributed by atoms with Gasteiger partial charge in [0.15, 0.2) is 6.61 Å². The molecule has 0 aliphatic carbocycles. The minimum Gasteiger partial charge on any atom is -0.482 e. The molecule has 2 aliphatic rings. The van der Waals surface area contributed by atoms with Crippen LogP contribution in [0.15, 0.2) is 41.3 Å². The summed E-state index contributed by atoms with van der Waals surface area (Å²) in [7, 11) is 0. The number of ether oxygens (including phenoxy) is 1. The first-order valence-corrected chi connectivity index (χ1v) is 11.3. The van der Waals surface area contributed by atoms with E-state index in [4.69, 9.17) is 17.0 Å². The van der Waals surface area contributed by atoms with Gasteiger partial charge in [-0.2, -0.15) is 0 Å². The van der Waals surface area contributed by atoms with Gasteiger partial charge in [0.1, 0.15) is 10.1 Å². The molecule has 2 aromatic rings. The van der Waals surface area contributed by atoms with E-state index in [-0.39, 0.29) is 23.8 Å². The van der Waals surface area contributed by atoms with Crippen molar-refractivity contribution in [1.29, 1.82) is 0 Å². The number of benzene rings is 2. The van der Waals surface area contributed by atoms with Crippen LogP contribution in [0.2, 0.25) is 0 Å². The zero-order chi connectivity index (χ0) is 22.3. The Balaban J connectivity index is 1.69. The average molecular weight is 453 g/mol. The Hall–Kier alpha value is -2.64. The summed E-state index contributed by atoms with van der Waals surface area (Å²) < 4.78 is 6.10. The van der Waals surface area contributed by atoms with Gasteiger partial charge in [-0.05, 0) is 47.2 Å². The highest BCUT2D eigenvalue weighted by molar-refractivity contribution is 8.26. The van der Waals surface area contributed by atoms with Gasteiger partial charge in [0.2, 0.25) is 0 Å². The van der Waals surface area contributed by atoms with E-state index < -0.39 is 0 Å². The Labute approximate surface area is 191 Å². The molecule has 0 unspecified atom stereocenters. The van der Waals surface area contributed by atoms with Crippen LogP contribution in [-0.2, 0) is 21.5 Å². The van der Waals surface area contributed by atoms with Gasteiger partial charge in [-0.3, -0.25) is 9.59 Å². The highest BCUT2D eigenvalue weighted by Gasteiger charge is 2.27. The Morgan fingerprint density at radius 3 is 2.65 bits per heavy atom. The third kappa shape index (κ3) is 4.67. The van der Waals surface area contributed by atoms with Gasteiger partial charge in [-0.25, -0.2) is 0 Å². The maximum Gasteiger partial charge on any atom is 0.265 e. The van der Waals surface area contributed by atoms with E-state index in [0.717, 1.165) is 11.1 Å². The van der Waals surface area contributed by atoms with Crippen LogP contribution < -0.4 is 15.0 Å². The number of aryl methyl sites for hydroxylation is 1. The van der Waals surface area contributed by atoms with Gasteiger partial charge < -0.3 is 15.0 Å². The van der Waals surface area contributed by atoms with E-state index in [9.17, 15) is 9.59 Å². The topological polar surface area (TPSA) is 58.6 Å². The number of amides is 2. The Morgan fingerprint density at radius 2 is 1.97 bits per heavy atom. The van der Waals surface area contributed by atoms with Crippen molar-refractivity contribution in [2.75, 3.05) is 11.5 Å². The summed E-state index contributed by atoms with van der Waals surface area (Å²) in [4.78, 5) is 27.1. The van der Waals surface area contributed by atoms with Crippen molar-refractivity contribution in [3.8, 4) is 5.75 Å². The molecule has 0 aromatic heterocycles. The Morgan fingerprint density at radius 1 is 1.19 bits per heavy atom. The summed E-state index contributed by atoms with van der Waals surface area (Å²) in [6.45, 7) is 9.10. The zero-order valence-corrected chi connectivity index (χ0v) is 19.6. The van der Waals surface area contributed by atoms with Crippen LogP contribution in [0.4, 0.5) is 5.69 Å². The molecule has 2 amide bonds. The van der Waals surface area contributed by atoms with Crippen LogP contribution in [0.3, 0.4) is 0 Å². The van der Waals surface area contributed by atoms with Gasteiger partial charge in [0.05, 0.1) is 17.1 Å². The van der Waals surface area contributed by atoms with E-state index >= 15 is 0 Å². The fourth-order valence-electron chi connectivity index (χ4n) is 3.62. The Kier molecular flexibility index (Phi) is 5.66. The second-order valence-corrected chi connectivity index (χ2v) is 10.5. The summed E-state index contributed by atoms with van der Waals surface area (Å²) in [5.74, 6) is 0.362. The minimum absolute atomic E-state index is 0.0118. The SMILES string of the molecule is Cc1cc(CN2C(=O)COc3ccc(/C=C4/SC(=S)NC4=O)cc32)cc(C(C)(C)C)c1. The van der Waals surface area contributed by atoms with Crippen LogP contribution in [0.25, 0.3) is 6.08 Å². The molecule has 7 heteroatoms. The molecule has 1 saturated heterocycles. The Bertz CT molecular complexity index is 1130. The third-order valence-corrected chi connectivity index (χ3v) is 6.37. The molecule has 0 bridgehead atoms. The molecular formula is C24H24N2O3S2. The predicted octanol–water partition coefficient (Wildman–Crippen LogP) is 4.71. The summed E-state index contributed by atoms with van der Waals surface area (Å²) in [6, 6.07) is 12.1. The third-order valence-electron chi connectivity index (χ3n) is 5.21. The van der Waals surface area contributed by atoms with Gasteiger partial charge in [-0.15, -0.1) is 0 Å². The number of thioether (sulfide) groups is 1. The molecule has 160 valence electrons. The van der Waals surface area contributed by atoms with E-state index in [1.807, 2.05) is 18.2 Å². The molecule has 2 aliphatic heterocycles. The van der Waals surface area contributed by atoms with Crippen molar-refractivity contribution in [3.63, 3.8) is 0 Å². The number of carbonyl (C=O) groups excluding carboxylic acids is 2. The first-order valence-electron chi connectivity index (χ1n) is 10.0. The van der Waals surface area contributed by atoms with Gasteiger partial charge in [0, 0.05) is 0 Å². The first kappa shape index (κ1) is 21.6. The van der Waals surface area contributed by atoms with Gasteiger partial charge in [-0.1, -0.05) is 74.6 Å². The van der Waals surface area contributed by atoms with Crippen molar-refractivity contribution >= 4 is 51.9 Å². The number of rotatable bonds is 3. The summed E-state index contributed by atoms with van der Waals surface area (Å²) in [5, 5.41) is 2.62. The molecule has 1 N–H and O–H groups in total. The number of anilines is 1. The fraction of sp³-hybridized carbons (Fsp3) is 0.292. The van der Waals surface area contributed by atoms with Crippen molar-refractivity contribution in [2.24, 2.45) is 0 Å². The lowest BCUT2D eigenvalue weighted by atomic mass is 9.85. The van der Waals surface area contributed by atoms with Gasteiger partial charge >= 0.3 is 0 Å². The van der Waals surface area contributed by atoms with Crippen LogP contribution in [0.5, 0.6) is 5.75 Å². The average Bonchev–Trinajstić information content (AvgIpc) is 3.00. The number of nitrogens with zero attached hydrogens (tertiary/aromatic N) is 1. The number of fused-ring (bicyclic) bond motifs is 1. The van der Waals surface area contributed by atoms with Crippen molar-refractivity contribution in [1.82, 2.24) is 5.32 Å². The second-order valence-electron chi connectivity index (χ2n) is 8.81. The summed E-state index contributed by atoms with van der Waals surface area (Å²) in [6.07, 6.45) is 1.78. The quantitative estimate of drug-likeness (QED) is 0.540. The standard InChI is InChI=1S/C24H24N2O3S2/c1-14-7-16(9-17(8-14)24(2,3)4)12-26-18-10-15(5-6-19(18)29-13-21(26)27)11-20-22(28)25-23(30)31-20/h5-11H,12-13H2,1-4H3,(H,25,28,30)/b20-11+. The van der Waals surface area contributed by atoms with E-state index in [0.29, 0.717) is 27.2 Å². The number of nitrogens with one attached hydrogen (secondary N) is 1. The highest BCUT2D eigenvalue weighted by Crippen LogP contribution is 2.36. The lowest BCUT2D eigenvalue weighted by Gasteiger charge is -2.30. The van der Waals surface area contributed by atoms with Crippen LogP contribution in [0.1, 0.15) is 43.0 Å². The smallest absolute Gasteiger partial charge is 0.265 e. The van der Waals surface area contributed by atoms with Crippen molar-refractivity contribution in [3.05, 3.63) is 63.6 Å². The normalized spacial score (nSPS) is 17.6. The number of thiocarbonyl (C=S) groups is 1. The maximum atomic E-state index is 12.8. The monoisotopic (exact) mass is 452 g/mol. The van der Waals surface area contributed by atoms with E-state index in [1.54, 1.807) is 11.0 Å². The molecule has 0 spiro atoms. The number of hydrogen-bond acceptors (Lipinski definition) is 5. The molecule has 0 saturated carbocycles. The summed E-state index contributed by atoms with van der Waals surface area (Å²) >= 11 is 6.29. The zero-order valence-electron chi connectivity index (χ0n) is 17.9. The van der Waals surface area contributed by atoms with Crippen molar-refractivity contribution in [2.45, 2.75) is 39.7 Å². The lowest BCUT2D eigenvalue weighted by molar-refractivity contribution is -0.121. The molecule has 2 aromatic carbocycles. The largest absolute Gasteiger partial charge is 0.482 e. The second kappa shape index (κ2) is 8.13. The highest BCUT2D eigenvalue weighted by atomic mass is 32.2. The molecule has 0 atom stereocenters. The molecule has 1 fully saturated rings. The molecule has 0 radical (unpaired) electrons. The number of carbonyl (C=O) groups is 2. The maximum absolute atomic E-state index is 12.8. The molecule has 5 nitrogen and oxygen atoms in total. The summed E-state index contributed by atoms with van der Waals surface area (Å²) in [5.41, 5.74) is 5.02. The molecule has 31 heavy (non-hydrogen) atoms. The van der Waals surface area contributed by atoms with E-state index in [1.165, 1.54) is 22.9 Å². The lowest BCUT2D eigenvalue weighted by Crippen LogP contribution is -2.38. The van der Waals surface area contributed by atoms with Crippen molar-refractivity contribution < 1.29 is 14.3 Å². The van der Waals surface area contributed by atoms with E-state index in [2.05, 4.69) is 51.2 Å². The van der Waals surface area contributed by atoms with Gasteiger partial charge in [0.25, 0.3) is 11.8 Å². The number of hydrogen-bond donors (Lipinski definition) is 1. The molecule has 4 rings (SSSR count). The van der Waals surface area contributed by atoms with Crippen LogP contribution in [0, 0.1) is 6.92 Å². The molecular weight excluding hydrogens is 428 g/mol. The molecule has 2 heterocycles. The first-order chi connectivity index (χ1) is 14.6. The van der Waals surface area contributed by atoms with Crippen LogP contribution in [-0.4, -0.2) is 22.7 Å². The fourth-order valence-corrected chi connectivity index (χ4v) is 4.67. The van der Waals surface area contributed by atoms with Crippen LogP contribution >= 0.6 is 24.0 Å². The minimum atomic E-state index is -0.202. The predicted molar refractivity (Wildman–Crippen MR) is 129 cm³/mol.